The average molecular weight is 531 g/mol. The second-order valence-electron chi connectivity index (χ2n) is 11.1. The SMILES string of the molecule is CCOC(=O)N[C@H](C(=O)N1C[C@@H]2CCC[C@@H]2[C@H]1C(=O)N[C@@H](CCC(C)(F)F)C(=O)C(=O)NC)C(C)(C)C. The molecular formula is C25H40F2N4O6. The number of ether oxygens (including phenoxy) is 1. The van der Waals surface area contributed by atoms with Gasteiger partial charge in [-0.15, -0.1) is 0 Å². The first-order valence-electron chi connectivity index (χ1n) is 12.8. The van der Waals surface area contributed by atoms with Crippen LogP contribution in [0.1, 0.15) is 66.7 Å². The molecule has 0 unspecified atom stereocenters. The summed E-state index contributed by atoms with van der Waals surface area (Å²) in [7, 11) is 1.23. The zero-order valence-electron chi connectivity index (χ0n) is 22.5. The maximum Gasteiger partial charge on any atom is 0.407 e. The van der Waals surface area contributed by atoms with Crippen LogP contribution in [0.15, 0.2) is 0 Å². The van der Waals surface area contributed by atoms with Gasteiger partial charge in [0.2, 0.25) is 23.5 Å². The molecule has 37 heavy (non-hydrogen) atoms. The largest absolute Gasteiger partial charge is 0.450 e. The third kappa shape index (κ3) is 7.85. The molecule has 0 bridgehead atoms. The van der Waals surface area contributed by atoms with Gasteiger partial charge in [-0.2, -0.15) is 0 Å². The van der Waals surface area contributed by atoms with Crippen LogP contribution < -0.4 is 16.0 Å². The number of amides is 4. The van der Waals surface area contributed by atoms with Crippen LogP contribution in [-0.4, -0.2) is 78.7 Å². The lowest BCUT2D eigenvalue weighted by molar-refractivity contribution is -0.144. The second-order valence-corrected chi connectivity index (χ2v) is 11.1. The quantitative estimate of drug-likeness (QED) is 0.370. The zero-order valence-corrected chi connectivity index (χ0v) is 22.5. The molecule has 4 amide bonds. The minimum Gasteiger partial charge on any atom is -0.450 e. The van der Waals surface area contributed by atoms with Crippen molar-refractivity contribution in [1.29, 1.82) is 0 Å². The van der Waals surface area contributed by atoms with Crippen molar-refractivity contribution in [2.24, 2.45) is 17.3 Å². The predicted molar refractivity (Wildman–Crippen MR) is 131 cm³/mol. The number of fused-ring (bicyclic) bond motifs is 1. The van der Waals surface area contributed by atoms with E-state index < -0.39 is 71.9 Å². The van der Waals surface area contributed by atoms with Crippen LogP contribution in [0, 0.1) is 17.3 Å². The number of rotatable bonds is 10. The van der Waals surface area contributed by atoms with E-state index in [1.54, 1.807) is 27.7 Å². The summed E-state index contributed by atoms with van der Waals surface area (Å²) in [5, 5.41) is 7.26. The number of hydrogen-bond donors (Lipinski definition) is 3. The number of nitrogens with one attached hydrogen (secondary N) is 3. The lowest BCUT2D eigenvalue weighted by atomic mass is 9.85. The van der Waals surface area contributed by atoms with Crippen LogP contribution in [0.4, 0.5) is 13.6 Å². The van der Waals surface area contributed by atoms with E-state index in [0.29, 0.717) is 19.9 Å². The number of alkyl carbamates (subject to hydrolysis) is 1. The molecule has 12 heteroatoms. The smallest absolute Gasteiger partial charge is 0.407 e. The molecule has 2 aliphatic rings. The van der Waals surface area contributed by atoms with Crippen molar-refractivity contribution in [2.75, 3.05) is 20.2 Å². The molecule has 210 valence electrons. The minimum atomic E-state index is -3.10. The maximum absolute atomic E-state index is 13.8. The summed E-state index contributed by atoms with van der Waals surface area (Å²) < 4.78 is 32.1. The zero-order chi connectivity index (χ0) is 28.1. The Morgan fingerprint density at radius 2 is 1.70 bits per heavy atom. The summed E-state index contributed by atoms with van der Waals surface area (Å²) in [5.41, 5.74) is -0.715. The molecule has 1 aliphatic carbocycles. The lowest BCUT2D eigenvalue weighted by Gasteiger charge is -2.36. The highest BCUT2D eigenvalue weighted by atomic mass is 19.3. The van der Waals surface area contributed by atoms with Gasteiger partial charge in [0.05, 0.1) is 12.6 Å². The number of halogens is 2. The van der Waals surface area contributed by atoms with Crippen molar-refractivity contribution in [1.82, 2.24) is 20.9 Å². The number of hydrogen-bond acceptors (Lipinski definition) is 6. The monoisotopic (exact) mass is 530 g/mol. The fourth-order valence-electron chi connectivity index (χ4n) is 5.18. The van der Waals surface area contributed by atoms with E-state index in [1.165, 1.54) is 11.9 Å². The summed E-state index contributed by atoms with van der Waals surface area (Å²) in [6.45, 7) is 8.07. The molecule has 3 N–H and O–H groups in total. The Kier molecular flexibility index (Phi) is 10.0. The van der Waals surface area contributed by atoms with Crippen LogP contribution in [-0.2, 0) is 23.9 Å². The van der Waals surface area contributed by atoms with Gasteiger partial charge < -0.3 is 25.6 Å². The third-order valence-electron chi connectivity index (χ3n) is 7.05. The summed E-state index contributed by atoms with van der Waals surface area (Å²) in [4.78, 5) is 65.5. The molecule has 0 spiro atoms. The third-order valence-corrected chi connectivity index (χ3v) is 7.05. The molecule has 0 radical (unpaired) electrons. The number of likely N-dealkylation sites (tertiary alicyclic amines) is 1. The average Bonchev–Trinajstić information content (AvgIpc) is 3.38. The van der Waals surface area contributed by atoms with E-state index in [9.17, 15) is 32.8 Å². The van der Waals surface area contributed by atoms with Crippen LogP contribution in [0.2, 0.25) is 0 Å². The van der Waals surface area contributed by atoms with Gasteiger partial charge in [-0.05, 0) is 50.4 Å². The van der Waals surface area contributed by atoms with E-state index in [4.69, 9.17) is 4.74 Å². The van der Waals surface area contributed by atoms with E-state index in [-0.39, 0.29) is 18.4 Å². The molecule has 5 atom stereocenters. The maximum atomic E-state index is 13.8. The Morgan fingerprint density at radius 1 is 1.05 bits per heavy atom. The standard InChI is InChI=1S/C25H40F2N4O6/c1-7-37-23(36)30-19(24(2,3)4)22(35)31-13-14-9-8-10-15(14)17(31)20(33)29-16(11-12-25(5,26)27)18(32)21(34)28-6/h14-17,19H,7-13H2,1-6H3,(H,28,34)(H,29,33)(H,30,36)/t14-,15-,16-,17-,19+/m0/s1. The molecule has 1 saturated carbocycles. The number of nitrogens with zero attached hydrogens (tertiary/aromatic N) is 1. The predicted octanol–water partition coefficient (Wildman–Crippen LogP) is 2.01. The number of carbonyl (C=O) groups excluding carboxylic acids is 5. The fourth-order valence-corrected chi connectivity index (χ4v) is 5.18. The van der Waals surface area contributed by atoms with Crippen molar-refractivity contribution >= 4 is 29.6 Å². The molecule has 10 nitrogen and oxygen atoms in total. The van der Waals surface area contributed by atoms with Gasteiger partial charge in [-0.25, -0.2) is 13.6 Å². The molecule has 0 aromatic heterocycles. The van der Waals surface area contributed by atoms with E-state index >= 15 is 0 Å². The van der Waals surface area contributed by atoms with E-state index in [1.807, 2.05) is 0 Å². The van der Waals surface area contributed by atoms with Crippen LogP contribution in [0.3, 0.4) is 0 Å². The summed E-state index contributed by atoms with van der Waals surface area (Å²) in [6.07, 6.45) is 0.452. The van der Waals surface area contributed by atoms with Gasteiger partial charge >= 0.3 is 6.09 Å². The Labute approximate surface area is 216 Å². The summed E-state index contributed by atoms with van der Waals surface area (Å²) >= 11 is 0. The van der Waals surface area contributed by atoms with Crippen LogP contribution in [0.5, 0.6) is 0 Å². The van der Waals surface area contributed by atoms with Crippen molar-refractivity contribution in [2.45, 2.75) is 90.8 Å². The van der Waals surface area contributed by atoms with Gasteiger partial charge in [0.25, 0.3) is 5.91 Å². The Morgan fingerprint density at radius 3 is 2.24 bits per heavy atom. The molecule has 0 aromatic carbocycles. The number of alkyl halides is 2. The van der Waals surface area contributed by atoms with Gasteiger partial charge in [0.15, 0.2) is 0 Å². The summed E-state index contributed by atoms with van der Waals surface area (Å²) in [5.74, 6) is -6.41. The van der Waals surface area contributed by atoms with Gasteiger partial charge in [-0.3, -0.25) is 19.2 Å². The first-order valence-corrected chi connectivity index (χ1v) is 12.8. The van der Waals surface area contributed by atoms with Crippen LogP contribution in [0.25, 0.3) is 0 Å². The number of Topliss-reactive ketones (excluding diaryl/α,β-unsaturated/α-hetero) is 1. The molecule has 2 rings (SSSR count). The van der Waals surface area contributed by atoms with E-state index in [0.717, 1.165) is 12.8 Å². The highest BCUT2D eigenvalue weighted by Gasteiger charge is 2.52. The summed E-state index contributed by atoms with van der Waals surface area (Å²) in [6, 6.07) is -3.43. The lowest BCUT2D eigenvalue weighted by Crippen LogP contribution is -2.60. The van der Waals surface area contributed by atoms with Crippen molar-refractivity contribution in [3.8, 4) is 0 Å². The number of ketones is 1. The Hall–Kier alpha value is -2.79. The first-order chi connectivity index (χ1) is 17.1. The molecule has 1 aliphatic heterocycles. The molecular weight excluding hydrogens is 490 g/mol. The molecule has 1 saturated heterocycles. The van der Waals surface area contributed by atoms with Gasteiger partial charge in [-0.1, -0.05) is 27.2 Å². The fraction of sp³-hybridized carbons (Fsp3) is 0.800. The molecule has 0 aromatic rings. The Bertz CT molecular complexity index is 885. The second kappa shape index (κ2) is 12.2. The molecule has 1 heterocycles. The minimum absolute atomic E-state index is 0.0518. The highest BCUT2D eigenvalue weighted by molar-refractivity contribution is 6.38. The van der Waals surface area contributed by atoms with Gasteiger partial charge in [0, 0.05) is 20.0 Å². The van der Waals surface area contributed by atoms with Crippen molar-refractivity contribution < 1.29 is 37.5 Å². The normalized spacial score (nSPS) is 23.0. The van der Waals surface area contributed by atoms with E-state index in [2.05, 4.69) is 16.0 Å². The Balaban J connectivity index is 2.34. The van der Waals surface area contributed by atoms with Gasteiger partial charge in [0.1, 0.15) is 12.1 Å². The first kappa shape index (κ1) is 30.4. The molecule has 2 fully saturated rings. The highest BCUT2D eigenvalue weighted by Crippen LogP contribution is 2.43. The topological polar surface area (TPSA) is 134 Å². The van der Waals surface area contributed by atoms with Crippen molar-refractivity contribution in [3.63, 3.8) is 0 Å². The van der Waals surface area contributed by atoms with Crippen LogP contribution >= 0.6 is 0 Å². The van der Waals surface area contributed by atoms with Crippen molar-refractivity contribution in [3.05, 3.63) is 0 Å². The number of likely N-dealkylation sites (N-methyl/N-ethyl adjacent to an activating group) is 1. The number of carbonyl (C=O) groups is 5.